The van der Waals surface area contributed by atoms with Gasteiger partial charge >= 0.3 is 0 Å². The smallest absolute Gasteiger partial charge is 0.263 e. The summed E-state index contributed by atoms with van der Waals surface area (Å²) in [6.07, 6.45) is 5.08. The largest absolute Gasteiger partial charge is 0.355 e. The van der Waals surface area contributed by atoms with E-state index in [2.05, 4.69) is 54.5 Å². The van der Waals surface area contributed by atoms with Gasteiger partial charge in [0.2, 0.25) is 0 Å². The molecule has 0 aromatic carbocycles. The van der Waals surface area contributed by atoms with E-state index in [4.69, 9.17) is 0 Å². The fourth-order valence-corrected chi connectivity index (χ4v) is 4.50. The van der Waals surface area contributed by atoms with Gasteiger partial charge in [0.1, 0.15) is 4.90 Å². The van der Waals surface area contributed by atoms with Crippen LogP contribution in [0, 0.1) is 6.92 Å². The van der Waals surface area contributed by atoms with Gasteiger partial charge in [0, 0.05) is 43.1 Å². The van der Waals surface area contributed by atoms with Crippen LogP contribution in [-0.2, 0) is 10.0 Å². The third-order valence-corrected chi connectivity index (χ3v) is 6.55. The topological polar surface area (TPSA) is 78.4 Å². The average molecular weight is 456 g/mol. The molecule has 0 bridgehead atoms. The average Bonchev–Trinajstić information content (AvgIpc) is 2.62. The predicted octanol–water partition coefficient (Wildman–Crippen LogP) is 3.12. The van der Waals surface area contributed by atoms with Crippen LogP contribution in [0.5, 0.6) is 0 Å². The van der Waals surface area contributed by atoms with E-state index < -0.39 is 10.0 Å². The van der Waals surface area contributed by atoms with Crippen LogP contribution in [0.3, 0.4) is 0 Å². The quantitative estimate of drug-likeness (QED) is 0.745. The molecule has 2 aromatic rings. The summed E-state index contributed by atoms with van der Waals surface area (Å²) in [6.45, 7) is 3.48. The number of piperidine rings is 1. The van der Waals surface area contributed by atoms with Crippen molar-refractivity contribution in [2.45, 2.75) is 30.7 Å². The van der Waals surface area contributed by atoms with E-state index in [1.165, 1.54) is 6.20 Å². The molecule has 0 radical (unpaired) electrons. The maximum atomic E-state index is 12.8. The fraction of sp³-hybridized carbons (Fsp3) is 0.444. The van der Waals surface area contributed by atoms with Gasteiger partial charge in [0.25, 0.3) is 10.0 Å². The van der Waals surface area contributed by atoms with Gasteiger partial charge in [-0.25, -0.2) is 13.4 Å². The fourth-order valence-electron chi connectivity index (χ4n) is 3.17. The van der Waals surface area contributed by atoms with Crippen LogP contribution >= 0.6 is 15.9 Å². The highest BCUT2D eigenvalue weighted by Crippen LogP contribution is 2.31. The molecule has 1 saturated heterocycles. The summed E-state index contributed by atoms with van der Waals surface area (Å²) < 4.78 is 29.0. The van der Waals surface area contributed by atoms with Crippen molar-refractivity contribution >= 4 is 37.5 Å². The highest BCUT2D eigenvalue weighted by Gasteiger charge is 2.25. The van der Waals surface area contributed by atoms with Crippen LogP contribution in [0.2, 0.25) is 0 Å². The van der Waals surface area contributed by atoms with Crippen LogP contribution in [-0.4, -0.2) is 56.5 Å². The van der Waals surface area contributed by atoms with Crippen molar-refractivity contribution in [1.82, 2.24) is 14.9 Å². The SMILES string of the molecule is Cc1ccc(S(=O)(=O)Nc2cc(Br)cnc2N2CCC(N(C)C)CC2)cn1.[HH]. The van der Waals surface area contributed by atoms with E-state index in [1.807, 2.05) is 6.92 Å². The van der Waals surface area contributed by atoms with Crippen molar-refractivity contribution < 1.29 is 9.84 Å². The molecule has 148 valence electrons. The molecule has 1 aliphatic heterocycles. The second-order valence-electron chi connectivity index (χ2n) is 6.95. The van der Waals surface area contributed by atoms with Crippen LogP contribution in [0.25, 0.3) is 0 Å². The number of anilines is 2. The zero-order chi connectivity index (χ0) is 19.6. The van der Waals surface area contributed by atoms with Crippen molar-refractivity contribution in [1.29, 1.82) is 0 Å². The molecule has 3 heterocycles. The lowest BCUT2D eigenvalue weighted by molar-refractivity contribution is 0.249. The van der Waals surface area contributed by atoms with Crippen molar-refractivity contribution in [2.75, 3.05) is 36.8 Å². The van der Waals surface area contributed by atoms with E-state index in [1.54, 1.807) is 24.4 Å². The molecule has 3 rings (SSSR count). The monoisotopic (exact) mass is 455 g/mol. The number of aromatic nitrogens is 2. The molecule has 9 heteroatoms. The number of halogens is 1. The van der Waals surface area contributed by atoms with E-state index in [-0.39, 0.29) is 6.32 Å². The van der Waals surface area contributed by atoms with E-state index >= 15 is 0 Å². The molecule has 1 fully saturated rings. The Morgan fingerprint density at radius 2 is 1.93 bits per heavy atom. The summed E-state index contributed by atoms with van der Waals surface area (Å²) in [5, 5.41) is 0. The molecule has 0 spiro atoms. The molecule has 0 unspecified atom stereocenters. The summed E-state index contributed by atoms with van der Waals surface area (Å²) in [7, 11) is 0.441. The van der Waals surface area contributed by atoms with Gasteiger partial charge in [-0.3, -0.25) is 9.71 Å². The normalized spacial score (nSPS) is 16.0. The second-order valence-corrected chi connectivity index (χ2v) is 9.55. The molecular formula is C18H26BrN5O2S. The zero-order valence-electron chi connectivity index (χ0n) is 15.7. The lowest BCUT2D eigenvalue weighted by Gasteiger charge is -2.36. The van der Waals surface area contributed by atoms with Crippen molar-refractivity contribution in [3.05, 3.63) is 40.8 Å². The zero-order valence-corrected chi connectivity index (χ0v) is 18.1. The molecule has 0 atom stereocenters. The number of pyridine rings is 2. The number of nitrogens with one attached hydrogen (secondary N) is 1. The van der Waals surface area contributed by atoms with Crippen molar-refractivity contribution in [2.24, 2.45) is 0 Å². The highest BCUT2D eigenvalue weighted by atomic mass is 79.9. The lowest BCUT2D eigenvalue weighted by atomic mass is 10.0. The van der Waals surface area contributed by atoms with Crippen molar-refractivity contribution in [3.63, 3.8) is 0 Å². The molecule has 7 nitrogen and oxygen atoms in total. The number of nitrogens with zero attached hydrogens (tertiary/aromatic N) is 4. The van der Waals surface area contributed by atoms with Crippen LogP contribution < -0.4 is 9.62 Å². The Kier molecular flexibility index (Phi) is 6.02. The minimum absolute atomic E-state index is 0. The summed E-state index contributed by atoms with van der Waals surface area (Å²) in [5.74, 6) is 0.652. The second kappa shape index (κ2) is 8.12. The summed E-state index contributed by atoms with van der Waals surface area (Å²) in [5.41, 5.74) is 1.23. The molecular weight excluding hydrogens is 430 g/mol. The Balaban J connectivity index is 0.00000280. The summed E-state index contributed by atoms with van der Waals surface area (Å²) >= 11 is 3.39. The molecule has 1 aliphatic rings. The number of sulfonamides is 1. The maximum Gasteiger partial charge on any atom is 0.263 e. The third kappa shape index (κ3) is 4.77. The molecule has 0 amide bonds. The first kappa shape index (κ1) is 20.0. The van der Waals surface area contributed by atoms with Gasteiger partial charge in [-0.05, 0) is 68.0 Å². The Labute approximate surface area is 170 Å². The number of rotatable bonds is 5. The minimum Gasteiger partial charge on any atom is -0.355 e. The molecule has 0 saturated carbocycles. The Morgan fingerprint density at radius 3 is 2.52 bits per heavy atom. The standard InChI is InChI=1S/C18H24BrN5O2S.H2/c1-13-4-5-16(12-20-13)27(25,26)22-17-10-14(19)11-21-18(17)24-8-6-15(7-9-24)23(2)3;/h4-5,10-12,15,22H,6-9H2,1-3H3;1H. The van der Waals surface area contributed by atoms with Gasteiger partial charge < -0.3 is 9.80 Å². The lowest BCUT2D eigenvalue weighted by Crippen LogP contribution is -2.42. The Morgan fingerprint density at radius 1 is 1.22 bits per heavy atom. The summed E-state index contributed by atoms with van der Waals surface area (Å²) in [4.78, 5) is 13.1. The first-order valence-corrected chi connectivity index (χ1v) is 11.1. The van der Waals surface area contributed by atoms with Gasteiger partial charge in [-0.15, -0.1) is 0 Å². The first-order valence-electron chi connectivity index (χ1n) is 8.78. The van der Waals surface area contributed by atoms with Gasteiger partial charge in [-0.2, -0.15) is 0 Å². The van der Waals surface area contributed by atoms with Gasteiger partial charge in [0.15, 0.2) is 5.82 Å². The number of hydrogen-bond acceptors (Lipinski definition) is 6. The number of aryl methyl sites for hydroxylation is 1. The molecule has 27 heavy (non-hydrogen) atoms. The summed E-state index contributed by atoms with van der Waals surface area (Å²) in [6, 6.07) is 5.52. The predicted molar refractivity (Wildman–Crippen MR) is 113 cm³/mol. The van der Waals surface area contributed by atoms with Crippen molar-refractivity contribution in [3.8, 4) is 0 Å². The highest BCUT2D eigenvalue weighted by molar-refractivity contribution is 9.10. The maximum absolute atomic E-state index is 12.8. The van der Waals surface area contributed by atoms with Crippen LogP contribution in [0.1, 0.15) is 20.0 Å². The van der Waals surface area contributed by atoms with E-state index in [0.717, 1.165) is 31.6 Å². The first-order chi connectivity index (χ1) is 12.8. The van der Waals surface area contributed by atoms with E-state index in [9.17, 15) is 8.42 Å². The third-order valence-electron chi connectivity index (χ3n) is 4.77. The Hall–Kier alpha value is -1.71. The van der Waals surface area contributed by atoms with E-state index in [0.29, 0.717) is 22.0 Å². The van der Waals surface area contributed by atoms with Gasteiger partial charge in [0.05, 0.1) is 5.69 Å². The minimum atomic E-state index is -3.74. The molecule has 1 N–H and O–H groups in total. The number of hydrogen-bond donors (Lipinski definition) is 1. The molecule has 2 aromatic heterocycles. The Bertz CT molecular complexity index is 901. The van der Waals surface area contributed by atoms with Gasteiger partial charge in [-0.1, -0.05) is 0 Å². The van der Waals surface area contributed by atoms with Crippen LogP contribution in [0.4, 0.5) is 11.5 Å². The molecule has 0 aliphatic carbocycles. The van der Waals surface area contributed by atoms with Crippen LogP contribution in [0.15, 0.2) is 40.0 Å².